The fraction of sp³-hybridized carbons (Fsp3) is 0.538. The molecule has 0 aliphatic heterocycles. The Bertz CT molecular complexity index is 410. The summed E-state index contributed by atoms with van der Waals surface area (Å²) in [6.07, 6.45) is 3.48. The highest BCUT2D eigenvalue weighted by molar-refractivity contribution is 6.31. The first-order valence-corrected chi connectivity index (χ1v) is 6.60. The Morgan fingerprint density at radius 3 is 2.94 bits per heavy atom. The molecule has 3 N–H and O–H groups in total. The average molecular weight is 273 g/mol. The zero-order valence-electron chi connectivity index (χ0n) is 10.2. The van der Waals surface area contributed by atoms with Crippen LogP contribution in [0.15, 0.2) is 12.1 Å². The molecule has 1 aromatic carbocycles. The zero-order valence-corrected chi connectivity index (χ0v) is 11.0. The molecule has 0 amide bonds. The Hall–Kier alpha value is -1.00. The second kappa shape index (κ2) is 6.25. The van der Waals surface area contributed by atoms with Crippen LogP contribution in [0, 0.1) is 11.7 Å². The fourth-order valence-electron chi connectivity index (χ4n) is 1.65. The van der Waals surface area contributed by atoms with E-state index >= 15 is 0 Å². The van der Waals surface area contributed by atoms with E-state index in [1.54, 1.807) is 0 Å². The van der Waals surface area contributed by atoms with E-state index in [-0.39, 0.29) is 5.02 Å². The summed E-state index contributed by atoms with van der Waals surface area (Å²) in [7, 11) is 0. The van der Waals surface area contributed by atoms with Crippen LogP contribution in [0.1, 0.15) is 19.3 Å². The van der Waals surface area contributed by atoms with Crippen LogP contribution in [-0.2, 0) is 4.74 Å². The Kier molecular flexibility index (Phi) is 4.66. The summed E-state index contributed by atoms with van der Waals surface area (Å²) in [6.45, 7) is 2.30. The Morgan fingerprint density at radius 1 is 1.44 bits per heavy atom. The van der Waals surface area contributed by atoms with E-state index in [2.05, 4.69) is 5.32 Å². The monoisotopic (exact) mass is 272 g/mol. The number of rotatable bonds is 7. The minimum Gasteiger partial charge on any atom is -0.397 e. The van der Waals surface area contributed by atoms with Gasteiger partial charge in [0.2, 0.25) is 0 Å². The van der Waals surface area contributed by atoms with Crippen LogP contribution >= 0.6 is 11.6 Å². The number of benzene rings is 1. The van der Waals surface area contributed by atoms with Crippen molar-refractivity contribution in [3.8, 4) is 0 Å². The molecule has 0 atom stereocenters. The Balaban J connectivity index is 1.67. The van der Waals surface area contributed by atoms with Gasteiger partial charge in [-0.15, -0.1) is 0 Å². The summed E-state index contributed by atoms with van der Waals surface area (Å²) >= 11 is 5.62. The number of anilines is 2. The molecular formula is C13H18ClFN2O. The van der Waals surface area contributed by atoms with E-state index in [9.17, 15) is 4.39 Å². The molecule has 0 bridgehead atoms. The van der Waals surface area contributed by atoms with Crippen LogP contribution in [0.25, 0.3) is 0 Å². The van der Waals surface area contributed by atoms with Crippen LogP contribution in [0.2, 0.25) is 5.02 Å². The van der Waals surface area contributed by atoms with Gasteiger partial charge in [-0.2, -0.15) is 0 Å². The van der Waals surface area contributed by atoms with Gasteiger partial charge in [0.15, 0.2) is 0 Å². The first-order valence-electron chi connectivity index (χ1n) is 6.23. The minimum atomic E-state index is -0.460. The second-order valence-corrected chi connectivity index (χ2v) is 5.06. The van der Waals surface area contributed by atoms with Crippen LogP contribution in [0.4, 0.5) is 15.8 Å². The molecule has 3 nitrogen and oxygen atoms in total. The topological polar surface area (TPSA) is 47.3 Å². The SMILES string of the molecule is Nc1cc(Cl)c(F)cc1NCCCOCC1CC1. The summed E-state index contributed by atoms with van der Waals surface area (Å²) in [5.41, 5.74) is 6.78. The minimum absolute atomic E-state index is 0.0471. The molecule has 1 aromatic rings. The number of hydrogen-bond acceptors (Lipinski definition) is 3. The van der Waals surface area contributed by atoms with E-state index in [0.29, 0.717) is 17.9 Å². The molecule has 0 radical (unpaired) electrons. The number of nitrogens with two attached hydrogens (primary N) is 1. The molecule has 5 heteroatoms. The highest BCUT2D eigenvalue weighted by atomic mass is 35.5. The van der Waals surface area contributed by atoms with E-state index < -0.39 is 5.82 Å². The molecular weight excluding hydrogens is 255 g/mol. The number of hydrogen-bond donors (Lipinski definition) is 2. The number of nitrogen functional groups attached to an aromatic ring is 1. The van der Waals surface area contributed by atoms with Gasteiger partial charge in [-0.3, -0.25) is 0 Å². The molecule has 1 aliphatic carbocycles. The Labute approximate surface area is 111 Å². The first-order chi connectivity index (χ1) is 8.66. The van der Waals surface area contributed by atoms with Gasteiger partial charge in [0, 0.05) is 25.8 Å². The highest BCUT2D eigenvalue weighted by Crippen LogP contribution is 2.29. The van der Waals surface area contributed by atoms with Gasteiger partial charge in [0.05, 0.1) is 16.4 Å². The van der Waals surface area contributed by atoms with Crippen LogP contribution in [0.3, 0.4) is 0 Å². The van der Waals surface area contributed by atoms with Crippen molar-refractivity contribution in [2.45, 2.75) is 19.3 Å². The van der Waals surface area contributed by atoms with Gasteiger partial charge >= 0.3 is 0 Å². The van der Waals surface area contributed by atoms with Crippen molar-refractivity contribution >= 4 is 23.0 Å². The van der Waals surface area contributed by atoms with Crippen molar-refractivity contribution in [3.05, 3.63) is 23.0 Å². The molecule has 18 heavy (non-hydrogen) atoms. The van der Waals surface area contributed by atoms with Crippen LogP contribution in [0.5, 0.6) is 0 Å². The lowest BCUT2D eigenvalue weighted by Crippen LogP contribution is -2.08. The van der Waals surface area contributed by atoms with Crippen molar-refractivity contribution in [1.29, 1.82) is 0 Å². The van der Waals surface area contributed by atoms with Gasteiger partial charge in [-0.25, -0.2) is 4.39 Å². The van der Waals surface area contributed by atoms with Gasteiger partial charge in [0.25, 0.3) is 0 Å². The average Bonchev–Trinajstić information content (AvgIpc) is 3.13. The van der Waals surface area contributed by atoms with E-state index in [4.69, 9.17) is 22.1 Å². The molecule has 0 heterocycles. The normalized spacial score (nSPS) is 14.8. The van der Waals surface area contributed by atoms with Crippen molar-refractivity contribution in [3.63, 3.8) is 0 Å². The smallest absolute Gasteiger partial charge is 0.143 e. The second-order valence-electron chi connectivity index (χ2n) is 4.65. The molecule has 1 aliphatic rings. The quantitative estimate of drug-likeness (QED) is 0.591. The molecule has 100 valence electrons. The summed E-state index contributed by atoms with van der Waals surface area (Å²) in [5, 5.41) is 3.13. The van der Waals surface area contributed by atoms with Gasteiger partial charge in [-0.1, -0.05) is 11.6 Å². The zero-order chi connectivity index (χ0) is 13.0. The standard InChI is InChI=1S/C13H18ClFN2O/c14-10-6-12(16)13(7-11(10)15)17-4-1-5-18-8-9-2-3-9/h6-7,9,17H,1-5,8,16H2. The van der Waals surface area contributed by atoms with Crippen molar-refractivity contribution < 1.29 is 9.13 Å². The maximum Gasteiger partial charge on any atom is 0.143 e. The summed E-state index contributed by atoms with van der Waals surface area (Å²) in [4.78, 5) is 0. The van der Waals surface area contributed by atoms with Crippen LogP contribution < -0.4 is 11.1 Å². The lowest BCUT2D eigenvalue weighted by Gasteiger charge is -2.10. The fourth-order valence-corrected chi connectivity index (χ4v) is 1.82. The molecule has 0 spiro atoms. The lowest BCUT2D eigenvalue weighted by molar-refractivity contribution is 0.124. The summed E-state index contributed by atoms with van der Waals surface area (Å²) in [6, 6.07) is 2.74. The van der Waals surface area contributed by atoms with E-state index in [1.807, 2.05) is 0 Å². The van der Waals surface area contributed by atoms with Gasteiger partial charge in [-0.05, 0) is 31.2 Å². The number of ether oxygens (including phenoxy) is 1. The maximum absolute atomic E-state index is 13.2. The van der Waals surface area contributed by atoms with Crippen molar-refractivity contribution in [1.82, 2.24) is 0 Å². The summed E-state index contributed by atoms with van der Waals surface area (Å²) < 4.78 is 18.7. The summed E-state index contributed by atoms with van der Waals surface area (Å²) in [5.74, 6) is 0.331. The largest absolute Gasteiger partial charge is 0.397 e. The number of halogens is 2. The third kappa shape index (κ3) is 4.03. The Morgan fingerprint density at radius 2 is 2.22 bits per heavy atom. The first kappa shape index (κ1) is 13.4. The van der Waals surface area contributed by atoms with Crippen molar-refractivity contribution in [2.24, 2.45) is 5.92 Å². The van der Waals surface area contributed by atoms with Gasteiger partial charge in [0.1, 0.15) is 5.82 Å². The molecule has 1 saturated carbocycles. The third-order valence-corrected chi connectivity index (χ3v) is 3.21. The van der Waals surface area contributed by atoms with Gasteiger partial charge < -0.3 is 15.8 Å². The molecule has 1 fully saturated rings. The molecule has 0 saturated heterocycles. The molecule has 2 rings (SSSR count). The highest BCUT2D eigenvalue weighted by Gasteiger charge is 2.20. The lowest BCUT2D eigenvalue weighted by atomic mass is 10.2. The molecule has 0 unspecified atom stereocenters. The maximum atomic E-state index is 13.2. The van der Waals surface area contributed by atoms with E-state index in [0.717, 1.165) is 25.6 Å². The third-order valence-electron chi connectivity index (χ3n) is 2.92. The number of nitrogens with one attached hydrogen (secondary N) is 1. The van der Waals surface area contributed by atoms with Crippen LogP contribution in [-0.4, -0.2) is 19.8 Å². The van der Waals surface area contributed by atoms with Crippen molar-refractivity contribution in [2.75, 3.05) is 30.8 Å². The molecule has 0 aromatic heterocycles. The van der Waals surface area contributed by atoms with E-state index in [1.165, 1.54) is 25.0 Å². The predicted octanol–water partition coefficient (Wildman–Crippen LogP) is 3.29. The predicted molar refractivity (Wildman–Crippen MR) is 72.5 cm³/mol.